The van der Waals surface area contributed by atoms with Crippen LogP contribution in [0.2, 0.25) is 5.02 Å². The van der Waals surface area contributed by atoms with E-state index in [1.165, 1.54) is 0 Å². The predicted molar refractivity (Wildman–Crippen MR) is 84.2 cm³/mol. The summed E-state index contributed by atoms with van der Waals surface area (Å²) in [5.41, 5.74) is 7.95. The van der Waals surface area contributed by atoms with Crippen LogP contribution in [0.15, 0.2) is 48.5 Å². The third kappa shape index (κ3) is 3.90. The number of carbonyl (C=O) groups is 1. The van der Waals surface area contributed by atoms with Gasteiger partial charge in [-0.2, -0.15) is 0 Å². The molecule has 0 bridgehead atoms. The van der Waals surface area contributed by atoms with Gasteiger partial charge in [-0.05, 0) is 42.5 Å². The smallest absolute Gasteiger partial charge is 0.243 e. The lowest BCUT2D eigenvalue weighted by Gasteiger charge is -2.19. The maximum absolute atomic E-state index is 12.0. The molecule has 20 heavy (non-hydrogen) atoms. The molecule has 2 aromatic carbocycles. The van der Waals surface area contributed by atoms with Gasteiger partial charge in [0.2, 0.25) is 5.91 Å². The van der Waals surface area contributed by atoms with Gasteiger partial charge in [0.25, 0.3) is 0 Å². The number of halogens is 1. The first kappa shape index (κ1) is 14.2. The minimum Gasteiger partial charge on any atom is -0.399 e. The number of amides is 1. The van der Waals surface area contributed by atoms with Gasteiger partial charge in [-0.25, -0.2) is 0 Å². The molecule has 1 amide bonds. The lowest BCUT2D eigenvalue weighted by Crippen LogP contribution is -2.30. The molecule has 0 spiro atoms. The number of carbonyl (C=O) groups excluding carboxylic acids is 1. The van der Waals surface area contributed by atoms with E-state index in [9.17, 15) is 4.79 Å². The summed E-state index contributed by atoms with van der Waals surface area (Å²) in [7, 11) is 1.85. The van der Waals surface area contributed by atoms with Crippen LogP contribution in [-0.2, 0) is 4.79 Å². The molecule has 3 N–H and O–H groups in total. The quantitative estimate of drug-likeness (QED) is 0.851. The molecule has 0 aliphatic rings. The molecule has 104 valence electrons. The van der Waals surface area contributed by atoms with Crippen LogP contribution in [0.5, 0.6) is 0 Å². The van der Waals surface area contributed by atoms with Crippen LogP contribution >= 0.6 is 11.6 Å². The molecular weight excluding hydrogens is 274 g/mol. The van der Waals surface area contributed by atoms with E-state index in [2.05, 4.69) is 5.32 Å². The molecule has 0 aliphatic carbocycles. The number of nitrogen functional groups attached to an aromatic ring is 1. The molecule has 2 aromatic rings. The Balaban J connectivity index is 1.95. The third-order valence-electron chi connectivity index (χ3n) is 2.82. The zero-order valence-electron chi connectivity index (χ0n) is 11.1. The van der Waals surface area contributed by atoms with Gasteiger partial charge in [-0.15, -0.1) is 0 Å². The number of nitrogens with zero attached hydrogens (tertiary/aromatic N) is 1. The fraction of sp³-hybridized carbons (Fsp3) is 0.133. The highest BCUT2D eigenvalue weighted by Crippen LogP contribution is 2.16. The van der Waals surface area contributed by atoms with Crippen LogP contribution in [0.25, 0.3) is 0 Å². The van der Waals surface area contributed by atoms with Crippen LogP contribution in [0.1, 0.15) is 0 Å². The second-order valence-corrected chi connectivity index (χ2v) is 4.94. The van der Waals surface area contributed by atoms with E-state index < -0.39 is 0 Å². The highest BCUT2D eigenvalue weighted by Gasteiger charge is 2.08. The van der Waals surface area contributed by atoms with Gasteiger partial charge in [0.1, 0.15) is 0 Å². The fourth-order valence-corrected chi connectivity index (χ4v) is 1.99. The fourth-order valence-electron chi connectivity index (χ4n) is 1.80. The highest BCUT2D eigenvalue weighted by atomic mass is 35.5. The summed E-state index contributed by atoms with van der Waals surface area (Å²) in [4.78, 5) is 13.8. The molecule has 0 radical (unpaired) electrons. The number of rotatable bonds is 4. The van der Waals surface area contributed by atoms with Crippen molar-refractivity contribution in [3.63, 3.8) is 0 Å². The second-order valence-electron chi connectivity index (χ2n) is 4.51. The lowest BCUT2D eigenvalue weighted by atomic mass is 10.2. The Morgan fingerprint density at radius 2 is 1.95 bits per heavy atom. The van der Waals surface area contributed by atoms with Gasteiger partial charge in [0, 0.05) is 29.1 Å². The van der Waals surface area contributed by atoms with Gasteiger partial charge in [-0.3, -0.25) is 4.79 Å². The number of anilines is 3. The summed E-state index contributed by atoms with van der Waals surface area (Å²) in [6, 6.07) is 14.4. The zero-order chi connectivity index (χ0) is 14.5. The summed E-state index contributed by atoms with van der Waals surface area (Å²) in [5, 5.41) is 3.40. The number of benzene rings is 2. The average Bonchev–Trinajstić information content (AvgIpc) is 2.39. The second kappa shape index (κ2) is 6.30. The molecule has 4 nitrogen and oxygen atoms in total. The van der Waals surface area contributed by atoms with E-state index in [1.54, 1.807) is 36.4 Å². The monoisotopic (exact) mass is 289 g/mol. The van der Waals surface area contributed by atoms with Crippen molar-refractivity contribution in [3.8, 4) is 0 Å². The minimum atomic E-state index is -0.105. The Bertz CT molecular complexity index is 598. The van der Waals surface area contributed by atoms with E-state index in [1.807, 2.05) is 24.1 Å². The van der Waals surface area contributed by atoms with Gasteiger partial charge in [0.15, 0.2) is 0 Å². The topological polar surface area (TPSA) is 58.4 Å². The van der Waals surface area contributed by atoms with Crippen molar-refractivity contribution in [2.45, 2.75) is 0 Å². The third-order valence-corrected chi connectivity index (χ3v) is 3.06. The summed E-state index contributed by atoms with van der Waals surface area (Å²) in [6.07, 6.45) is 0. The van der Waals surface area contributed by atoms with Crippen molar-refractivity contribution < 1.29 is 4.79 Å². The molecule has 0 aromatic heterocycles. The maximum atomic E-state index is 12.0. The van der Waals surface area contributed by atoms with Crippen molar-refractivity contribution >= 4 is 34.6 Å². The van der Waals surface area contributed by atoms with Gasteiger partial charge >= 0.3 is 0 Å². The number of nitrogens with one attached hydrogen (secondary N) is 1. The zero-order valence-corrected chi connectivity index (χ0v) is 11.9. The molecule has 0 aliphatic heterocycles. The molecule has 0 saturated carbocycles. The molecule has 2 rings (SSSR count). The summed E-state index contributed by atoms with van der Waals surface area (Å²) in [6.45, 7) is 0.246. The SMILES string of the molecule is CN(CC(=O)Nc1cccc(Cl)c1)c1ccc(N)cc1. The van der Waals surface area contributed by atoms with Crippen LogP contribution in [-0.4, -0.2) is 19.5 Å². The Morgan fingerprint density at radius 3 is 2.60 bits per heavy atom. The summed E-state index contributed by atoms with van der Waals surface area (Å²) >= 11 is 5.87. The molecule has 0 fully saturated rings. The first-order valence-electron chi connectivity index (χ1n) is 6.17. The number of likely N-dealkylation sites (N-methyl/N-ethyl adjacent to an activating group) is 1. The molecule has 5 heteroatoms. The van der Waals surface area contributed by atoms with E-state index in [-0.39, 0.29) is 12.5 Å². The van der Waals surface area contributed by atoms with Crippen LogP contribution in [0.4, 0.5) is 17.1 Å². The molecular formula is C15H16ClN3O. The summed E-state index contributed by atoms with van der Waals surface area (Å²) < 4.78 is 0. The van der Waals surface area contributed by atoms with Gasteiger partial charge in [-0.1, -0.05) is 17.7 Å². The molecule has 0 atom stereocenters. The Kier molecular flexibility index (Phi) is 4.48. The standard InChI is InChI=1S/C15H16ClN3O/c1-19(14-7-5-12(17)6-8-14)10-15(20)18-13-4-2-3-11(16)9-13/h2-9H,10,17H2,1H3,(H,18,20). The summed E-state index contributed by atoms with van der Waals surface area (Å²) in [5.74, 6) is -0.105. The molecule has 0 unspecified atom stereocenters. The van der Waals surface area contributed by atoms with Crippen molar-refractivity contribution in [2.75, 3.05) is 29.5 Å². The minimum absolute atomic E-state index is 0.105. The van der Waals surface area contributed by atoms with Crippen molar-refractivity contribution in [3.05, 3.63) is 53.6 Å². The number of hydrogen-bond donors (Lipinski definition) is 2. The lowest BCUT2D eigenvalue weighted by molar-refractivity contribution is -0.114. The Morgan fingerprint density at radius 1 is 1.25 bits per heavy atom. The number of hydrogen-bond acceptors (Lipinski definition) is 3. The number of nitrogens with two attached hydrogens (primary N) is 1. The van der Waals surface area contributed by atoms with Gasteiger partial charge in [0.05, 0.1) is 6.54 Å². The first-order chi connectivity index (χ1) is 9.54. The highest BCUT2D eigenvalue weighted by molar-refractivity contribution is 6.30. The maximum Gasteiger partial charge on any atom is 0.243 e. The largest absolute Gasteiger partial charge is 0.399 e. The average molecular weight is 290 g/mol. The van der Waals surface area contributed by atoms with E-state index in [4.69, 9.17) is 17.3 Å². The van der Waals surface area contributed by atoms with Crippen molar-refractivity contribution in [1.82, 2.24) is 0 Å². The van der Waals surface area contributed by atoms with Crippen LogP contribution in [0, 0.1) is 0 Å². The molecule has 0 heterocycles. The van der Waals surface area contributed by atoms with Crippen molar-refractivity contribution in [1.29, 1.82) is 0 Å². The predicted octanol–water partition coefficient (Wildman–Crippen LogP) is 3.00. The van der Waals surface area contributed by atoms with Crippen molar-refractivity contribution in [2.24, 2.45) is 0 Å². The first-order valence-corrected chi connectivity index (χ1v) is 6.54. The molecule has 0 saturated heterocycles. The van der Waals surface area contributed by atoms with Gasteiger partial charge < -0.3 is 16.0 Å². The Hall–Kier alpha value is -2.20. The Labute approximate surface area is 123 Å². The van der Waals surface area contributed by atoms with E-state index in [0.717, 1.165) is 5.69 Å². The van der Waals surface area contributed by atoms with Crippen LogP contribution < -0.4 is 16.0 Å². The van der Waals surface area contributed by atoms with E-state index in [0.29, 0.717) is 16.4 Å². The van der Waals surface area contributed by atoms with E-state index >= 15 is 0 Å². The van der Waals surface area contributed by atoms with Crippen LogP contribution in [0.3, 0.4) is 0 Å². The normalized spacial score (nSPS) is 10.1.